The van der Waals surface area contributed by atoms with Crippen molar-refractivity contribution in [3.63, 3.8) is 0 Å². The summed E-state index contributed by atoms with van der Waals surface area (Å²) < 4.78 is 11.7. The summed E-state index contributed by atoms with van der Waals surface area (Å²) in [6.45, 7) is 11.3. The molecule has 2 aliphatic heterocycles. The summed E-state index contributed by atoms with van der Waals surface area (Å²) in [5, 5.41) is 21.1. The first-order valence-electron chi connectivity index (χ1n) is 16.6. The minimum atomic E-state index is -0.553. The van der Waals surface area contributed by atoms with Gasteiger partial charge in [-0.3, -0.25) is 19.6 Å². The van der Waals surface area contributed by atoms with Crippen LogP contribution in [-0.2, 0) is 0 Å². The predicted octanol–water partition coefficient (Wildman–Crippen LogP) is 3.83. The molecule has 2 fully saturated rings. The van der Waals surface area contributed by atoms with Gasteiger partial charge in [0.1, 0.15) is 36.9 Å². The zero-order chi connectivity index (χ0) is 31.8. The molecular weight excluding hydrogens is 576 g/mol. The second kappa shape index (κ2) is 18.6. The molecule has 0 aliphatic carbocycles. The lowest BCUT2D eigenvalue weighted by Crippen LogP contribution is -2.49. The fourth-order valence-corrected chi connectivity index (χ4v) is 5.83. The lowest BCUT2D eigenvalue weighted by atomic mass is 10.2. The first-order chi connectivity index (χ1) is 22.6. The highest BCUT2D eigenvalue weighted by Crippen LogP contribution is 2.18. The number of β-amino-alcohol motifs (C(OH)–C–C–N with tert-alkyl or cyclic N) is 2. The van der Waals surface area contributed by atoms with Gasteiger partial charge in [0, 0.05) is 78.5 Å². The number of aliphatic hydroxyl groups excluding tert-OH is 2. The third kappa shape index (κ3) is 12.0. The maximum atomic E-state index is 10.6. The smallest absolute Gasteiger partial charge is 0.119 e. The van der Waals surface area contributed by atoms with Gasteiger partial charge in [-0.25, -0.2) is 0 Å². The van der Waals surface area contributed by atoms with Crippen molar-refractivity contribution in [2.24, 2.45) is 0 Å². The lowest BCUT2D eigenvalue weighted by Gasteiger charge is -2.35. The molecule has 2 N–H and O–H groups in total. The van der Waals surface area contributed by atoms with Crippen molar-refractivity contribution in [3.05, 3.63) is 108 Å². The summed E-state index contributed by atoms with van der Waals surface area (Å²) in [5.41, 5.74) is 2.45. The highest BCUT2D eigenvalue weighted by atomic mass is 16.5. The number of hydrogen-bond acceptors (Lipinski definition) is 8. The molecule has 246 valence electrons. The van der Waals surface area contributed by atoms with Gasteiger partial charge in [0.25, 0.3) is 0 Å². The van der Waals surface area contributed by atoms with Crippen molar-refractivity contribution in [2.45, 2.75) is 12.2 Å². The van der Waals surface area contributed by atoms with Crippen LogP contribution in [0.2, 0.25) is 0 Å². The molecule has 46 heavy (non-hydrogen) atoms. The van der Waals surface area contributed by atoms with Gasteiger partial charge in [-0.15, -0.1) is 0 Å². The van der Waals surface area contributed by atoms with Crippen LogP contribution in [0, 0.1) is 0 Å². The molecule has 5 rings (SSSR count). The minimum absolute atomic E-state index is 0.246. The number of piperazine rings is 2. The van der Waals surface area contributed by atoms with E-state index in [1.54, 1.807) is 0 Å². The van der Waals surface area contributed by atoms with Gasteiger partial charge in [0.05, 0.1) is 0 Å². The molecule has 0 amide bonds. The van der Waals surface area contributed by atoms with Crippen molar-refractivity contribution in [2.75, 3.05) is 91.8 Å². The topological polar surface area (TPSA) is 71.9 Å². The van der Waals surface area contributed by atoms with E-state index in [9.17, 15) is 10.2 Å². The Labute approximate surface area is 274 Å². The highest BCUT2D eigenvalue weighted by Gasteiger charge is 2.20. The number of rotatable bonds is 16. The van der Waals surface area contributed by atoms with Gasteiger partial charge in [-0.05, 0) is 35.4 Å². The number of ether oxygens (including phenoxy) is 2. The van der Waals surface area contributed by atoms with Crippen LogP contribution in [0.15, 0.2) is 97.1 Å². The van der Waals surface area contributed by atoms with Gasteiger partial charge in [-0.2, -0.15) is 0 Å². The normalized spacial score (nSPS) is 18.7. The second-order valence-electron chi connectivity index (χ2n) is 12.2. The Balaban J connectivity index is 0.906. The number of benzene rings is 3. The van der Waals surface area contributed by atoms with Crippen LogP contribution in [0.5, 0.6) is 11.5 Å². The van der Waals surface area contributed by atoms with Crippen molar-refractivity contribution in [1.29, 1.82) is 0 Å². The summed E-state index contributed by atoms with van der Waals surface area (Å²) in [5.74, 6) is 1.39. The third-order valence-corrected chi connectivity index (χ3v) is 8.52. The van der Waals surface area contributed by atoms with Gasteiger partial charge in [0.2, 0.25) is 0 Å². The molecule has 3 aromatic carbocycles. The van der Waals surface area contributed by atoms with Crippen molar-refractivity contribution < 1.29 is 19.7 Å². The van der Waals surface area contributed by atoms with Crippen molar-refractivity contribution >= 4 is 12.2 Å². The first-order valence-corrected chi connectivity index (χ1v) is 16.6. The fourth-order valence-electron chi connectivity index (χ4n) is 5.83. The van der Waals surface area contributed by atoms with E-state index >= 15 is 0 Å². The molecule has 0 radical (unpaired) electrons. The van der Waals surface area contributed by atoms with Crippen LogP contribution in [-0.4, -0.2) is 134 Å². The van der Waals surface area contributed by atoms with E-state index in [1.165, 1.54) is 11.1 Å². The predicted molar refractivity (Wildman–Crippen MR) is 186 cm³/mol. The Morgan fingerprint density at radius 3 is 1.22 bits per heavy atom. The van der Waals surface area contributed by atoms with E-state index in [2.05, 4.69) is 92.4 Å². The van der Waals surface area contributed by atoms with E-state index in [4.69, 9.17) is 9.47 Å². The monoisotopic (exact) mass is 626 g/mol. The van der Waals surface area contributed by atoms with Gasteiger partial charge in [0.15, 0.2) is 0 Å². The van der Waals surface area contributed by atoms with E-state index in [1.807, 2.05) is 36.4 Å². The molecule has 3 aromatic rings. The minimum Gasteiger partial charge on any atom is -0.491 e. The summed E-state index contributed by atoms with van der Waals surface area (Å²) in [4.78, 5) is 9.49. The van der Waals surface area contributed by atoms with Crippen LogP contribution >= 0.6 is 0 Å². The Morgan fingerprint density at radius 2 is 0.848 bits per heavy atom. The van der Waals surface area contributed by atoms with E-state index in [0.717, 1.165) is 65.4 Å². The van der Waals surface area contributed by atoms with Crippen LogP contribution in [0.25, 0.3) is 12.2 Å². The lowest BCUT2D eigenvalue weighted by molar-refractivity contribution is 0.0472. The van der Waals surface area contributed by atoms with E-state index in [0.29, 0.717) is 24.6 Å². The molecular formula is C38H50N4O4. The van der Waals surface area contributed by atoms with E-state index in [-0.39, 0.29) is 13.2 Å². The van der Waals surface area contributed by atoms with Crippen molar-refractivity contribution in [3.8, 4) is 11.5 Å². The van der Waals surface area contributed by atoms with Crippen molar-refractivity contribution in [1.82, 2.24) is 19.6 Å². The molecule has 0 bridgehead atoms. The highest BCUT2D eigenvalue weighted by molar-refractivity contribution is 5.49. The van der Waals surface area contributed by atoms with Gasteiger partial charge < -0.3 is 19.7 Å². The Morgan fingerprint density at radius 1 is 0.500 bits per heavy atom. The summed E-state index contributed by atoms with van der Waals surface area (Å²) in [6, 6.07) is 28.2. The van der Waals surface area contributed by atoms with Crippen LogP contribution in [0.3, 0.4) is 0 Å². The molecule has 2 aliphatic rings. The van der Waals surface area contributed by atoms with E-state index < -0.39 is 12.2 Å². The second-order valence-corrected chi connectivity index (χ2v) is 12.2. The standard InChI is InChI=1S/C38H50N4O4/c43-35(29-41-25-21-39(22-26-41)19-7-13-33-9-3-1-4-10-33)31-45-37-15-17-38(18-16-37)46-32-36(44)30-42-27-23-40(24-28-42)20-8-14-34-11-5-2-6-12-34/h1-18,35-36,43-44H,19-32H2/b13-7+,14-8+/t35-,36-/m0/s1. The zero-order valence-corrected chi connectivity index (χ0v) is 26.9. The molecule has 2 saturated heterocycles. The van der Waals surface area contributed by atoms with Crippen LogP contribution in [0.4, 0.5) is 0 Å². The largest absolute Gasteiger partial charge is 0.491 e. The average Bonchev–Trinajstić information content (AvgIpc) is 3.09. The maximum Gasteiger partial charge on any atom is 0.119 e. The molecule has 8 nitrogen and oxygen atoms in total. The molecule has 2 atom stereocenters. The number of aliphatic hydroxyl groups is 2. The summed E-state index contributed by atoms with van der Waals surface area (Å²) in [6.07, 6.45) is 7.69. The molecule has 8 heteroatoms. The molecule has 0 unspecified atom stereocenters. The number of hydrogen-bond donors (Lipinski definition) is 2. The SMILES string of the molecule is O[C@H](COc1ccc(OC[C@@H](O)CN2CCN(C/C=C/c3ccccc3)CC2)cc1)CN1CCN(C/C=C/c2ccccc2)CC1. The zero-order valence-electron chi connectivity index (χ0n) is 26.9. The molecule has 0 spiro atoms. The maximum absolute atomic E-state index is 10.6. The fraction of sp³-hybridized carbons (Fsp3) is 0.421. The Bertz CT molecular complexity index is 1200. The third-order valence-electron chi connectivity index (χ3n) is 8.52. The first kappa shape index (κ1) is 33.9. The van der Waals surface area contributed by atoms with Crippen LogP contribution < -0.4 is 9.47 Å². The summed E-state index contributed by atoms with van der Waals surface area (Å²) >= 11 is 0. The number of nitrogens with zero attached hydrogens (tertiary/aromatic N) is 4. The Hall–Kier alpha value is -3.50. The molecule has 0 saturated carbocycles. The van der Waals surface area contributed by atoms with Crippen LogP contribution in [0.1, 0.15) is 11.1 Å². The molecule has 2 heterocycles. The van der Waals surface area contributed by atoms with Gasteiger partial charge >= 0.3 is 0 Å². The molecule has 0 aromatic heterocycles. The Kier molecular flexibility index (Phi) is 13.7. The quantitative estimate of drug-likeness (QED) is 0.249. The average molecular weight is 627 g/mol. The summed E-state index contributed by atoms with van der Waals surface area (Å²) in [7, 11) is 0. The van der Waals surface area contributed by atoms with Gasteiger partial charge in [-0.1, -0.05) is 85.0 Å².